The predicted octanol–water partition coefficient (Wildman–Crippen LogP) is 3.55. The zero-order valence-electron chi connectivity index (χ0n) is 8.20. The maximum Gasteiger partial charge on any atom is 0.149 e. The fraction of sp³-hybridized carbons (Fsp3) is 0.273. The van der Waals surface area contributed by atoms with Gasteiger partial charge in [-0.15, -0.1) is 11.8 Å². The van der Waals surface area contributed by atoms with Gasteiger partial charge in [-0.3, -0.25) is 0 Å². The predicted molar refractivity (Wildman–Crippen MR) is 60.6 cm³/mol. The molecule has 0 amide bonds. The molecular weight excluding hydrogens is 264 g/mol. The molecule has 1 aromatic rings. The molecule has 0 aliphatic carbocycles. The van der Waals surface area contributed by atoms with Crippen molar-refractivity contribution in [1.29, 1.82) is 0 Å². The third kappa shape index (κ3) is 3.52. The molecule has 0 fully saturated rings. The lowest BCUT2D eigenvalue weighted by molar-refractivity contribution is 0.581. The molecule has 0 bridgehead atoms. The van der Waals surface area contributed by atoms with E-state index in [1.54, 1.807) is 6.92 Å². The van der Waals surface area contributed by atoms with E-state index >= 15 is 0 Å². The summed E-state index contributed by atoms with van der Waals surface area (Å²) in [6, 6.07) is 2.22. The van der Waals surface area contributed by atoms with Gasteiger partial charge in [-0.2, -0.15) is 0 Å². The first kappa shape index (κ1) is 12.0. The van der Waals surface area contributed by atoms with Crippen molar-refractivity contribution in [1.82, 2.24) is 0 Å². The van der Waals surface area contributed by atoms with E-state index in [9.17, 15) is 8.78 Å². The molecule has 0 saturated heterocycles. The maximum atomic E-state index is 13.2. The Morgan fingerprint density at radius 3 is 2.73 bits per heavy atom. The van der Waals surface area contributed by atoms with E-state index in [0.717, 1.165) is 6.07 Å². The summed E-state index contributed by atoms with van der Waals surface area (Å²) in [4.78, 5) is 0. The van der Waals surface area contributed by atoms with Crippen LogP contribution in [-0.4, -0.2) is 6.54 Å². The van der Waals surface area contributed by atoms with Crippen molar-refractivity contribution in [2.24, 2.45) is 0 Å². The van der Waals surface area contributed by atoms with Crippen LogP contribution in [-0.2, 0) is 0 Å². The molecular formula is C11H10BrF2N. The Hall–Kier alpha value is -1.08. The van der Waals surface area contributed by atoms with E-state index in [1.165, 1.54) is 6.07 Å². The van der Waals surface area contributed by atoms with Gasteiger partial charge in [-0.25, -0.2) is 8.78 Å². The molecule has 0 atom stereocenters. The molecule has 0 spiro atoms. The summed E-state index contributed by atoms with van der Waals surface area (Å²) in [5, 5.41) is 2.84. The van der Waals surface area contributed by atoms with Crippen molar-refractivity contribution in [2.45, 2.75) is 13.3 Å². The average Bonchev–Trinajstić information content (AvgIpc) is 2.20. The van der Waals surface area contributed by atoms with E-state index in [-0.39, 0.29) is 10.2 Å². The summed E-state index contributed by atoms with van der Waals surface area (Å²) >= 11 is 2.99. The topological polar surface area (TPSA) is 12.0 Å². The van der Waals surface area contributed by atoms with Gasteiger partial charge in [0.15, 0.2) is 0 Å². The van der Waals surface area contributed by atoms with Gasteiger partial charge >= 0.3 is 0 Å². The lowest BCUT2D eigenvalue weighted by Gasteiger charge is -2.06. The van der Waals surface area contributed by atoms with E-state index in [2.05, 4.69) is 33.1 Å². The number of nitrogens with one attached hydrogen (secondary N) is 1. The summed E-state index contributed by atoms with van der Waals surface area (Å²) in [5.74, 6) is 4.38. The van der Waals surface area contributed by atoms with Crippen LogP contribution in [0.25, 0.3) is 0 Å². The zero-order chi connectivity index (χ0) is 11.3. The summed E-state index contributed by atoms with van der Waals surface area (Å²) in [5.41, 5.74) is 0.279. The van der Waals surface area contributed by atoms with Crippen LogP contribution in [0.3, 0.4) is 0 Å². The Balaban J connectivity index is 2.67. The monoisotopic (exact) mass is 273 g/mol. The van der Waals surface area contributed by atoms with Gasteiger partial charge < -0.3 is 5.32 Å². The Bertz CT molecular complexity index is 407. The number of rotatable bonds is 3. The van der Waals surface area contributed by atoms with E-state index in [0.29, 0.717) is 13.0 Å². The van der Waals surface area contributed by atoms with Crippen molar-refractivity contribution >= 4 is 21.6 Å². The Morgan fingerprint density at radius 1 is 1.33 bits per heavy atom. The number of hydrogen-bond acceptors (Lipinski definition) is 1. The molecule has 0 unspecified atom stereocenters. The highest BCUT2D eigenvalue weighted by molar-refractivity contribution is 9.10. The lowest BCUT2D eigenvalue weighted by Crippen LogP contribution is -2.03. The molecule has 0 aliphatic heterocycles. The van der Waals surface area contributed by atoms with Crippen molar-refractivity contribution in [3.8, 4) is 11.8 Å². The summed E-state index contributed by atoms with van der Waals surface area (Å²) in [7, 11) is 0. The third-order valence-corrected chi connectivity index (χ3v) is 2.36. The first-order valence-corrected chi connectivity index (χ1v) is 5.22. The molecule has 80 valence electrons. The summed E-state index contributed by atoms with van der Waals surface area (Å²) in [6.07, 6.45) is 0.630. The zero-order valence-corrected chi connectivity index (χ0v) is 9.79. The second-order valence-electron chi connectivity index (χ2n) is 2.85. The molecule has 15 heavy (non-hydrogen) atoms. The highest BCUT2D eigenvalue weighted by Crippen LogP contribution is 2.23. The van der Waals surface area contributed by atoms with Gasteiger partial charge in [0.2, 0.25) is 0 Å². The molecule has 1 N–H and O–H groups in total. The minimum Gasteiger partial charge on any atom is -0.382 e. The normalized spacial score (nSPS) is 9.33. The first-order valence-electron chi connectivity index (χ1n) is 4.43. The molecule has 1 rings (SSSR count). The maximum absolute atomic E-state index is 13.2. The fourth-order valence-electron chi connectivity index (χ4n) is 1.04. The van der Waals surface area contributed by atoms with Gasteiger partial charge in [-0.05, 0) is 28.9 Å². The molecule has 0 radical (unpaired) electrons. The molecule has 1 aromatic carbocycles. The van der Waals surface area contributed by atoms with E-state index in [1.807, 2.05) is 0 Å². The van der Waals surface area contributed by atoms with Crippen LogP contribution in [0.2, 0.25) is 0 Å². The summed E-state index contributed by atoms with van der Waals surface area (Å²) in [6.45, 7) is 2.28. The largest absolute Gasteiger partial charge is 0.382 e. The van der Waals surface area contributed by atoms with Crippen LogP contribution in [0.4, 0.5) is 14.5 Å². The lowest BCUT2D eigenvalue weighted by atomic mass is 10.3. The molecule has 0 aliphatic rings. The quantitative estimate of drug-likeness (QED) is 0.505. The minimum absolute atomic E-state index is 0.243. The number of halogens is 3. The second-order valence-corrected chi connectivity index (χ2v) is 3.70. The first-order chi connectivity index (χ1) is 7.15. The number of benzene rings is 1. The summed E-state index contributed by atoms with van der Waals surface area (Å²) < 4.78 is 26.3. The Labute approximate surface area is 96.0 Å². The van der Waals surface area contributed by atoms with Gasteiger partial charge in [0.1, 0.15) is 11.6 Å². The van der Waals surface area contributed by atoms with Crippen molar-refractivity contribution in [3.05, 3.63) is 28.2 Å². The molecule has 0 heterocycles. The molecule has 1 nitrogen and oxygen atoms in total. The number of hydrogen-bond donors (Lipinski definition) is 1. The Kier molecular flexibility index (Phi) is 4.57. The molecule has 4 heteroatoms. The molecule has 0 saturated carbocycles. The highest BCUT2D eigenvalue weighted by Gasteiger charge is 2.06. The van der Waals surface area contributed by atoms with Crippen molar-refractivity contribution in [2.75, 3.05) is 11.9 Å². The third-order valence-electron chi connectivity index (χ3n) is 1.75. The SMILES string of the molecule is CC#CCCNc1cc(Br)c(F)cc1F. The van der Waals surface area contributed by atoms with Gasteiger partial charge in [-0.1, -0.05) is 0 Å². The average molecular weight is 274 g/mol. The highest BCUT2D eigenvalue weighted by atomic mass is 79.9. The van der Waals surface area contributed by atoms with E-state index in [4.69, 9.17) is 0 Å². The second kappa shape index (κ2) is 5.72. The van der Waals surface area contributed by atoms with Crippen LogP contribution in [0.1, 0.15) is 13.3 Å². The van der Waals surface area contributed by atoms with Crippen LogP contribution < -0.4 is 5.32 Å². The van der Waals surface area contributed by atoms with E-state index < -0.39 is 11.6 Å². The van der Waals surface area contributed by atoms with Crippen molar-refractivity contribution < 1.29 is 8.78 Å². The minimum atomic E-state index is -0.605. The van der Waals surface area contributed by atoms with Crippen LogP contribution in [0.5, 0.6) is 0 Å². The van der Waals surface area contributed by atoms with Gasteiger partial charge in [0.25, 0.3) is 0 Å². The van der Waals surface area contributed by atoms with Gasteiger partial charge in [0.05, 0.1) is 10.2 Å². The molecule has 0 aromatic heterocycles. The fourth-order valence-corrected chi connectivity index (χ4v) is 1.39. The van der Waals surface area contributed by atoms with Crippen LogP contribution in [0.15, 0.2) is 16.6 Å². The smallest absolute Gasteiger partial charge is 0.149 e. The Morgan fingerprint density at radius 2 is 2.07 bits per heavy atom. The van der Waals surface area contributed by atoms with Crippen LogP contribution >= 0.6 is 15.9 Å². The van der Waals surface area contributed by atoms with Crippen LogP contribution in [0, 0.1) is 23.5 Å². The van der Waals surface area contributed by atoms with Crippen molar-refractivity contribution in [3.63, 3.8) is 0 Å². The standard InChI is InChI=1S/C11H10BrF2N/c1-2-3-4-5-15-11-6-8(12)9(13)7-10(11)14/h6-7,15H,4-5H2,1H3. The number of anilines is 1. The van der Waals surface area contributed by atoms with Gasteiger partial charge in [0, 0.05) is 19.0 Å².